The van der Waals surface area contributed by atoms with E-state index in [1.165, 1.54) is 4.90 Å². The fourth-order valence-corrected chi connectivity index (χ4v) is 3.33. The maximum Gasteiger partial charge on any atom is 0.267 e. The number of halogens is 1. The van der Waals surface area contributed by atoms with E-state index in [1.54, 1.807) is 26.1 Å². The molecule has 3 rings (SSSR count). The largest absolute Gasteiger partial charge is 0.482 e. The van der Waals surface area contributed by atoms with Gasteiger partial charge < -0.3 is 19.7 Å². The van der Waals surface area contributed by atoms with Gasteiger partial charge in [0.1, 0.15) is 6.10 Å². The maximum absolute atomic E-state index is 12.8. The number of hydrogen-bond donors (Lipinski definition) is 1. The molecule has 2 aromatic carbocycles. The van der Waals surface area contributed by atoms with Crippen LogP contribution < -0.4 is 14.8 Å². The van der Waals surface area contributed by atoms with Crippen LogP contribution in [-0.2, 0) is 9.59 Å². The van der Waals surface area contributed by atoms with Crippen LogP contribution in [0, 0.1) is 6.92 Å². The van der Waals surface area contributed by atoms with Gasteiger partial charge >= 0.3 is 0 Å². The Balaban J connectivity index is 1.62. The number of para-hydroxylation sites is 2. The van der Waals surface area contributed by atoms with Crippen molar-refractivity contribution in [3.63, 3.8) is 0 Å². The van der Waals surface area contributed by atoms with Crippen molar-refractivity contribution in [1.29, 1.82) is 0 Å². The van der Waals surface area contributed by atoms with E-state index in [9.17, 15) is 9.59 Å². The number of rotatable bonds is 4. The van der Waals surface area contributed by atoms with E-state index in [2.05, 4.69) is 21.2 Å². The van der Waals surface area contributed by atoms with Gasteiger partial charge in [-0.3, -0.25) is 9.59 Å². The Morgan fingerprint density at radius 2 is 1.81 bits per heavy atom. The Hall–Kier alpha value is -2.54. The van der Waals surface area contributed by atoms with Gasteiger partial charge in [0.05, 0.1) is 6.54 Å². The smallest absolute Gasteiger partial charge is 0.267 e. The fraction of sp³-hybridized carbons (Fsp3) is 0.300. The lowest BCUT2D eigenvalue weighted by Gasteiger charge is -2.33. The van der Waals surface area contributed by atoms with Gasteiger partial charge in [-0.05, 0) is 49.7 Å². The van der Waals surface area contributed by atoms with Gasteiger partial charge in [-0.25, -0.2) is 0 Å². The lowest BCUT2D eigenvalue weighted by molar-refractivity contribution is -0.144. The molecule has 0 fully saturated rings. The standard InChI is InChI=1S/C20H21BrN2O4/c1-12-10-14(21)8-9-15(12)22-18(24)11-23(3)20(25)19-13(2)26-16-6-4-5-7-17(16)27-19/h4-10,13,19H,11H2,1-3H3,(H,22,24). The summed E-state index contributed by atoms with van der Waals surface area (Å²) in [5.74, 6) is 0.554. The predicted molar refractivity (Wildman–Crippen MR) is 106 cm³/mol. The summed E-state index contributed by atoms with van der Waals surface area (Å²) in [5, 5.41) is 2.83. The molecule has 0 aliphatic carbocycles. The molecule has 6 nitrogen and oxygen atoms in total. The van der Waals surface area contributed by atoms with E-state index in [4.69, 9.17) is 9.47 Å². The maximum atomic E-state index is 12.8. The quantitative estimate of drug-likeness (QED) is 0.803. The summed E-state index contributed by atoms with van der Waals surface area (Å²) >= 11 is 3.39. The van der Waals surface area contributed by atoms with E-state index < -0.39 is 12.2 Å². The van der Waals surface area contributed by atoms with Gasteiger partial charge in [-0.2, -0.15) is 0 Å². The summed E-state index contributed by atoms with van der Waals surface area (Å²) in [6, 6.07) is 12.8. The number of aryl methyl sites for hydroxylation is 1. The molecule has 2 atom stereocenters. The number of ether oxygens (including phenoxy) is 2. The van der Waals surface area contributed by atoms with Crippen LogP contribution in [0.3, 0.4) is 0 Å². The zero-order valence-electron chi connectivity index (χ0n) is 15.4. The third-order valence-corrected chi connectivity index (χ3v) is 4.80. The van der Waals surface area contributed by atoms with Crippen molar-refractivity contribution < 1.29 is 19.1 Å². The SMILES string of the molecule is Cc1cc(Br)ccc1NC(=O)CN(C)C(=O)C1Oc2ccccc2OC1C. The molecule has 2 amide bonds. The molecule has 27 heavy (non-hydrogen) atoms. The van der Waals surface area contributed by atoms with Crippen molar-refractivity contribution in [2.24, 2.45) is 0 Å². The zero-order chi connectivity index (χ0) is 19.6. The number of benzene rings is 2. The highest BCUT2D eigenvalue weighted by Gasteiger charge is 2.36. The molecule has 1 N–H and O–H groups in total. The second-order valence-corrected chi connectivity index (χ2v) is 7.43. The minimum absolute atomic E-state index is 0.0808. The topological polar surface area (TPSA) is 67.9 Å². The minimum Gasteiger partial charge on any atom is -0.482 e. The van der Waals surface area contributed by atoms with Crippen molar-refractivity contribution in [3.05, 3.63) is 52.5 Å². The van der Waals surface area contributed by atoms with Crippen LogP contribution in [0.2, 0.25) is 0 Å². The van der Waals surface area contributed by atoms with Crippen molar-refractivity contribution in [2.45, 2.75) is 26.1 Å². The highest BCUT2D eigenvalue weighted by molar-refractivity contribution is 9.10. The normalized spacial score (nSPS) is 17.9. The Morgan fingerprint density at radius 1 is 1.15 bits per heavy atom. The first-order valence-corrected chi connectivity index (χ1v) is 9.38. The fourth-order valence-electron chi connectivity index (χ4n) is 2.86. The van der Waals surface area contributed by atoms with Crippen LogP contribution in [0.15, 0.2) is 46.9 Å². The van der Waals surface area contributed by atoms with E-state index in [0.29, 0.717) is 17.2 Å². The first-order chi connectivity index (χ1) is 12.8. The van der Waals surface area contributed by atoms with Gasteiger partial charge in [0, 0.05) is 17.2 Å². The zero-order valence-corrected chi connectivity index (χ0v) is 16.9. The number of carbonyl (C=O) groups excluding carboxylic acids is 2. The number of hydrogen-bond acceptors (Lipinski definition) is 4. The lowest BCUT2D eigenvalue weighted by atomic mass is 10.1. The van der Waals surface area contributed by atoms with Crippen LogP contribution >= 0.6 is 15.9 Å². The second kappa shape index (κ2) is 8.00. The molecular formula is C20H21BrN2O4. The highest BCUT2D eigenvalue weighted by Crippen LogP contribution is 2.33. The third-order valence-electron chi connectivity index (χ3n) is 4.31. The van der Waals surface area contributed by atoms with E-state index in [0.717, 1.165) is 10.0 Å². The lowest BCUT2D eigenvalue weighted by Crippen LogP contribution is -2.51. The van der Waals surface area contributed by atoms with Gasteiger partial charge in [-0.15, -0.1) is 0 Å². The third kappa shape index (κ3) is 4.42. The molecule has 0 saturated carbocycles. The molecule has 0 radical (unpaired) electrons. The van der Waals surface area contributed by atoms with Crippen LogP contribution in [0.1, 0.15) is 12.5 Å². The van der Waals surface area contributed by atoms with Gasteiger partial charge in [-0.1, -0.05) is 28.1 Å². The first-order valence-electron chi connectivity index (χ1n) is 8.58. The summed E-state index contributed by atoms with van der Waals surface area (Å²) in [7, 11) is 1.58. The molecule has 0 aromatic heterocycles. The van der Waals surface area contributed by atoms with Crippen LogP contribution in [0.25, 0.3) is 0 Å². The van der Waals surface area contributed by atoms with Crippen LogP contribution in [-0.4, -0.2) is 42.5 Å². The average Bonchev–Trinajstić information content (AvgIpc) is 2.62. The summed E-state index contributed by atoms with van der Waals surface area (Å²) in [6.45, 7) is 3.60. The Labute approximate surface area is 166 Å². The Morgan fingerprint density at radius 3 is 2.48 bits per heavy atom. The molecule has 142 valence electrons. The minimum atomic E-state index is -0.799. The number of anilines is 1. The molecule has 1 heterocycles. The number of nitrogens with zero attached hydrogens (tertiary/aromatic N) is 1. The molecule has 0 saturated heterocycles. The van der Waals surface area contributed by atoms with E-state index in [-0.39, 0.29) is 18.4 Å². The molecule has 0 spiro atoms. The number of amides is 2. The summed E-state index contributed by atoms with van der Waals surface area (Å²) in [5.41, 5.74) is 1.64. The van der Waals surface area contributed by atoms with Crippen molar-refractivity contribution >= 4 is 33.4 Å². The second-order valence-electron chi connectivity index (χ2n) is 6.51. The number of likely N-dealkylation sites (N-methyl/N-ethyl adjacent to an activating group) is 1. The number of fused-ring (bicyclic) bond motifs is 1. The Bertz CT molecular complexity index is 871. The molecule has 1 aliphatic rings. The van der Waals surface area contributed by atoms with Gasteiger partial charge in [0.15, 0.2) is 11.5 Å². The molecule has 2 aromatic rings. The molecule has 1 aliphatic heterocycles. The van der Waals surface area contributed by atoms with Crippen molar-refractivity contribution in [1.82, 2.24) is 4.90 Å². The van der Waals surface area contributed by atoms with Gasteiger partial charge in [0.25, 0.3) is 5.91 Å². The van der Waals surface area contributed by atoms with Crippen LogP contribution in [0.4, 0.5) is 5.69 Å². The molecular weight excluding hydrogens is 412 g/mol. The average molecular weight is 433 g/mol. The van der Waals surface area contributed by atoms with Crippen LogP contribution in [0.5, 0.6) is 11.5 Å². The monoisotopic (exact) mass is 432 g/mol. The van der Waals surface area contributed by atoms with Gasteiger partial charge in [0.2, 0.25) is 12.0 Å². The first kappa shape index (κ1) is 19.2. The molecule has 2 unspecified atom stereocenters. The molecule has 0 bridgehead atoms. The van der Waals surface area contributed by atoms with E-state index in [1.807, 2.05) is 37.3 Å². The Kier molecular flexibility index (Phi) is 5.70. The predicted octanol–water partition coefficient (Wildman–Crippen LogP) is 3.38. The summed E-state index contributed by atoms with van der Waals surface area (Å²) < 4.78 is 12.5. The van der Waals surface area contributed by atoms with Crippen molar-refractivity contribution in [3.8, 4) is 11.5 Å². The number of carbonyl (C=O) groups is 2. The van der Waals surface area contributed by atoms with Crippen molar-refractivity contribution in [2.75, 3.05) is 18.9 Å². The molecule has 7 heteroatoms. The number of nitrogens with one attached hydrogen (secondary N) is 1. The van der Waals surface area contributed by atoms with E-state index >= 15 is 0 Å². The summed E-state index contributed by atoms with van der Waals surface area (Å²) in [6.07, 6.45) is -1.25. The summed E-state index contributed by atoms with van der Waals surface area (Å²) in [4.78, 5) is 26.4. The highest BCUT2D eigenvalue weighted by atomic mass is 79.9.